The van der Waals surface area contributed by atoms with Gasteiger partial charge in [0.25, 0.3) is 17.7 Å². The highest BCUT2D eigenvalue weighted by Gasteiger charge is 2.39. The molecule has 0 fully saturated rings. The van der Waals surface area contributed by atoms with E-state index < -0.39 is 56.0 Å². The van der Waals surface area contributed by atoms with E-state index in [0.717, 1.165) is 0 Å². The van der Waals surface area contributed by atoms with E-state index in [0.29, 0.717) is 36.4 Å². The van der Waals surface area contributed by atoms with Gasteiger partial charge >= 0.3 is 12.4 Å². The van der Waals surface area contributed by atoms with E-state index in [9.17, 15) is 43.2 Å². The van der Waals surface area contributed by atoms with E-state index in [-0.39, 0.29) is 6.07 Å². The number of rotatable bonds is 3. The lowest BCUT2D eigenvalue weighted by Crippen LogP contribution is -2.18. The van der Waals surface area contributed by atoms with Crippen molar-refractivity contribution in [2.45, 2.75) is 22.1 Å². The molecule has 0 amide bonds. The largest absolute Gasteiger partial charge is 0.416 e. The SMILES string of the molecule is O=S(=O)(c1ccc(C(F)(F)F)cc1)S(=O)(=O)c1cc(C(F)(F)F)ccc1Cl. The minimum atomic E-state index is -5.49. The van der Waals surface area contributed by atoms with Gasteiger partial charge in [0.05, 0.1) is 21.0 Å². The van der Waals surface area contributed by atoms with Crippen molar-refractivity contribution >= 4 is 29.3 Å². The molecule has 0 aliphatic heterocycles. The normalized spacial score (nSPS) is 13.6. The fourth-order valence-electron chi connectivity index (χ4n) is 1.93. The molecule has 0 saturated carbocycles. The number of hydrogen-bond acceptors (Lipinski definition) is 4. The molecule has 4 nitrogen and oxygen atoms in total. The Bertz CT molecular complexity index is 1070. The van der Waals surface area contributed by atoms with Gasteiger partial charge in [-0.2, -0.15) is 26.3 Å². The average molecular weight is 453 g/mol. The predicted molar refractivity (Wildman–Crippen MR) is 82.3 cm³/mol. The Labute approximate surface area is 153 Å². The van der Waals surface area contributed by atoms with Gasteiger partial charge in [0, 0.05) is 0 Å². The minimum absolute atomic E-state index is 0.0410. The molecule has 2 rings (SSSR count). The second kappa shape index (κ2) is 6.67. The van der Waals surface area contributed by atoms with Crippen LogP contribution in [0, 0.1) is 0 Å². The van der Waals surface area contributed by atoms with Crippen molar-refractivity contribution in [2.75, 3.05) is 0 Å². The van der Waals surface area contributed by atoms with Crippen LogP contribution in [0.1, 0.15) is 11.1 Å². The van der Waals surface area contributed by atoms with E-state index in [1.54, 1.807) is 0 Å². The standard InChI is InChI=1S/C14H7ClF6O4S2/c15-11-6-3-9(14(19,20)21)7-12(11)27(24,25)26(22,23)10-4-1-8(2-5-10)13(16,17)18/h1-7H. The van der Waals surface area contributed by atoms with Crippen LogP contribution < -0.4 is 0 Å². The first-order valence-corrected chi connectivity index (χ1v) is 10.5. The summed E-state index contributed by atoms with van der Waals surface area (Å²) < 4.78 is 125. The number of hydrogen-bond donors (Lipinski definition) is 0. The first kappa shape index (κ1) is 21.5. The maximum Gasteiger partial charge on any atom is 0.416 e. The monoisotopic (exact) mass is 452 g/mol. The third-order valence-corrected chi connectivity index (χ3v) is 8.88. The minimum Gasteiger partial charge on any atom is -0.207 e. The molecule has 0 aromatic heterocycles. The average Bonchev–Trinajstić information content (AvgIpc) is 2.53. The van der Waals surface area contributed by atoms with Gasteiger partial charge in [-0.15, -0.1) is 0 Å². The second-order valence-electron chi connectivity index (χ2n) is 5.07. The second-order valence-corrected chi connectivity index (χ2v) is 10.8. The molecule has 2 aromatic rings. The van der Waals surface area contributed by atoms with Gasteiger partial charge in [-0.3, -0.25) is 0 Å². The lowest BCUT2D eigenvalue weighted by atomic mass is 10.2. The number of halogens is 7. The Morgan fingerprint density at radius 3 is 1.56 bits per heavy atom. The lowest BCUT2D eigenvalue weighted by Gasteiger charge is -2.12. The van der Waals surface area contributed by atoms with Crippen molar-refractivity contribution < 1.29 is 43.2 Å². The van der Waals surface area contributed by atoms with Gasteiger partial charge in [-0.1, -0.05) is 11.6 Å². The van der Waals surface area contributed by atoms with Gasteiger partial charge in [-0.05, 0) is 42.5 Å². The maximum absolute atomic E-state index is 12.8. The lowest BCUT2D eigenvalue weighted by molar-refractivity contribution is -0.138. The fourth-order valence-corrected chi connectivity index (χ4v) is 6.24. The zero-order valence-corrected chi connectivity index (χ0v) is 15.0. The van der Waals surface area contributed by atoms with Crippen LogP contribution in [0.25, 0.3) is 0 Å². The summed E-state index contributed by atoms with van der Waals surface area (Å²) in [4.78, 5) is -2.39. The Hall–Kier alpha value is -1.79. The van der Waals surface area contributed by atoms with E-state index >= 15 is 0 Å². The van der Waals surface area contributed by atoms with Crippen molar-refractivity contribution in [1.82, 2.24) is 0 Å². The van der Waals surface area contributed by atoms with Crippen molar-refractivity contribution in [1.29, 1.82) is 0 Å². The summed E-state index contributed by atoms with van der Waals surface area (Å²) in [6.45, 7) is 0. The molecule has 0 atom stereocenters. The Morgan fingerprint density at radius 1 is 0.667 bits per heavy atom. The highest BCUT2D eigenvalue weighted by molar-refractivity contribution is 8.67. The molecule has 13 heteroatoms. The molecular formula is C14H7ClF6O4S2. The molecule has 0 saturated heterocycles. The number of benzene rings is 2. The van der Waals surface area contributed by atoms with Gasteiger partial charge in [0.2, 0.25) is 0 Å². The molecule has 0 radical (unpaired) electrons. The summed E-state index contributed by atoms with van der Waals surface area (Å²) in [5.74, 6) is 0. The van der Waals surface area contributed by atoms with E-state index in [1.807, 2.05) is 0 Å². The van der Waals surface area contributed by atoms with Crippen LogP contribution in [0.3, 0.4) is 0 Å². The van der Waals surface area contributed by atoms with Crippen molar-refractivity contribution in [3.8, 4) is 0 Å². The van der Waals surface area contributed by atoms with E-state index in [2.05, 4.69) is 0 Å². The van der Waals surface area contributed by atoms with E-state index in [1.165, 1.54) is 0 Å². The number of alkyl halides is 6. The highest BCUT2D eigenvalue weighted by atomic mass is 35.5. The highest BCUT2D eigenvalue weighted by Crippen LogP contribution is 2.37. The smallest absolute Gasteiger partial charge is 0.207 e. The van der Waals surface area contributed by atoms with Crippen molar-refractivity contribution in [2.24, 2.45) is 0 Å². The molecule has 0 spiro atoms. The fraction of sp³-hybridized carbons (Fsp3) is 0.143. The molecule has 148 valence electrons. The summed E-state index contributed by atoms with van der Waals surface area (Å²) in [5.41, 5.74) is -2.70. The maximum atomic E-state index is 12.8. The van der Waals surface area contributed by atoms with Crippen molar-refractivity contribution in [3.05, 3.63) is 58.6 Å². The van der Waals surface area contributed by atoms with E-state index in [4.69, 9.17) is 11.6 Å². The summed E-state index contributed by atoms with van der Waals surface area (Å²) in [7, 11) is -10.9. The summed E-state index contributed by atoms with van der Waals surface area (Å²) >= 11 is 5.55. The van der Waals surface area contributed by atoms with Crippen LogP contribution in [0.4, 0.5) is 26.3 Å². The zero-order chi connectivity index (χ0) is 20.8. The van der Waals surface area contributed by atoms with Gasteiger partial charge in [-0.25, -0.2) is 16.8 Å². The van der Waals surface area contributed by atoms with Gasteiger partial charge in [0.1, 0.15) is 4.90 Å². The molecule has 2 aromatic carbocycles. The Kier molecular flexibility index (Phi) is 5.32. The van der Waals surface area contributed by atoms with Crippen LogP contribution in [0.5, 0.6) is 0 Å². The molecule has 0 bridgehead atoms. The summed E-state index contributed by atoms with van der Waals surface area (Å²) in [5, 5.41) is -0.793. The molecule has 0 heterocycles. The summed E-state index contributed by atoms with van der Waals surface area (Å²) in [6, 6.07) is 2.48. The van der Waals surface area contributed by atoms with Gasteiger partial charge < -0.3 is 0 Å². The van der Waals surface area contributed by atoms with Crippen molar-refractivity contribution in [3.63, 3.8) is 0 Å². The first-order chi connectivity index (χ1) is 12.1. The molecule has 0 aliphatic rings. The quantitative estimate of drug-likeness (QED) is 0.506. The summed E-state index contributed by atoms with van der Waals surface area (Å²) in [6.07, 6.45) is -9.78. The Morgan fingerprint density at radius 2 is 1.11 bits per heavy atom. The van der Waals surface area contributed by atoms with Crippen LogP contribution in [-0.4, -0.2) is 16.8 Å². The van der Waals surface area contributed by atoms with Crippen LogP contribution >= 0.6 is 11.6 Å². The van der Waals surface area contributed by atoms with Gasteiger partial charge in [0.15, 0.2) is 0 Å². The molecule has 0 aliphatic carbocycles. The van der Waals surface area contributed by atoms with Crippen LogP contribution in [-0.2, 0) is 30.1 Å². The molecular weight excluding hydrogens is 446 g/mol. The van der Waals surface area contributed by atoms with Crippen LogP contribution in [0.15, 0.2) is 52.3 Å². The Balaban J connectivity index is 2.62. The first-order valence-electron chi connectivity index (χ1n) is 6.62. The molecule has 27 heavy (non-hydrogen) atoms. The third-order valence-electron chi connectivity index (χ3n) is 3.29. The molecule has 0 unspecified atom stereocenters. The van der Waals surface area contributed by atoms with Crippen LogP contribution in [0.2, 0.25) is 5.02 Å². The zero-order valence-electron chi connectivity index (χ0n) is 12.6. The third kappa shape index (κ3) is 4.06. The predicted octanol–water partition coefficient (Wildman–Crippen LogP) is 4.54. The molecule has 0 N–H and O–H groups in total. The topological polar surface area (TPSA) is 68.3 Å².